The number of hydrogen-bond acceptors (Lipinski definition) is 7. The largest absolute Gasteiger partial charge is 0.491 e. The van der Waals surface area contributed by atoms with E-state index in [0.29, 0.717) is 49.0 Å². The molecule has 1 N–H and O–H groups in total. The minimum Gasteiger partial charge on any atom is -0.491 e. The van der Waals surface area contributed by atoms with Gasteiger partial charge in [0, 0.05) is 37.9 Å². The van der Waals surface area contributed by atoms with Crippen LogP contribution in [-0.2, 0) is 14.8 Å². The summed E-state index contributed by atoms with van der Waals surface area (Å²) in [5.74, 6) is 0.502. The first kappa shape index (κ1) is 24.6. The van der Waals surface area contributed by atoms with E-state index in [9.17, 15) is 13.2 Å². The summed E-state index contributed by atoms with van der Waals surface area (Å²) in [6.45, 7) is 4.93. The molecule has 35 heavy (non-hydrogen) atoms. The maximum Gasteiger partial charge on any atom is 0.341 e. The second-order valence-electron chi connectivity index (χ2n) is 8.37. The highest BCUT2D eigenvalue weighted by Crippen LogP contribution is 2.35. The lowest BCUT2D eigenvalue weighted by molar-refractivity contribution is -0.139. The molecule has 186 valence electrons. The van der Waals surface area contributed by atoms with E-state index in [0.717, 1.165) is 5.69 Å². The molecule has 2 heterocycles. The molecule has 0 amide bonds. The number of anilines is 1. The van der Waals surface area contributed by atoms with Crippen molar-refractivity contribution < 1.29 is 32.2 Å². The van der Waals surface area contributed by atoms with Crippen LogP contribution in [0.4, 0.5) is 5.69 Å². The van der Waals surface area contributed by atoms with Gasteiger partial charge in [-0.05, 0) is 62.4 Å². The maximum absolute atomic E-state index is 13.1. The second kappa shape index (κ2) is 10.4. The number of rotatable bonds is 9. The van der Waals surface area contributed by atoms with E-state index in [1.54, 1.807) is 42.5 Å². The van der Waals surface area contributed by atoms with Crippen LogP contribution >= 0.6 is 0 Å². The standard InChI is InChI=1S/C25H28N2O7S/c1-18(2)34-20-6-8-21(9-7-20)35(30,31)27-13-11-26(12-14-27)19-5-10-22(23-4-3-15-32-23)24(16-19)33-17-25(28)29/h3-10,15-16,18H,11-14,17H2,1-2H3,(H,28,29). The van der Waals surface area contributed by atoms with Gasteiger partial charge in [0.2, 0.25) is 10.0 Å². The van der Waals surface area contributed by atoms with Gasteiger partial charge in [-0.2, -0.15) is 4.31 Å². The molecule has 10 heteroatoms. The van der Waals surface area contributed by atoms with E-state index in [-0.39, 0.29) is 11.0 Å². The highest BCUT2D eigenvalue weighted by atomic mass is 32.2. The van der Waals surface area contributed by atoms with Crippen LogP contribution in [0.2, 0.25) is 0 Å². The number of nitrogens with zero attached hydrogens (tertiary/aromatic N) is 2. The minimum atomic E-state index is -3.63. The van der Waals surface area contributed by atoms with Crippen LogP contribution in [0.5, 0.6) is 11.5 Å². The number of furan rings is 1. The zero-order valence-corrected chi connectivity index (χ0v) is 20.4. The molecule has 1 fully saturated rings. The van der Waals surface area contributed by atoms with E-state index in [4.69, 9.17) is 19.0 Å². The maximum atomic E-state index is 13.1. The molecule has 0 radical (unpaired) electrons. The van der Waals surface area contributed by atoms with Gasteiger partial charge in [0.05, 0.1) is 22.8 Å². The number of aliphatic carboxylic acids is 1. The molecule has 1 saturated heterocycles. The number of carbonyl (C=O) groups is 1. The third-order valence-electron chi connectivity index (χ3n) is 5.54. The van der Waals surface area contributed by atoms with Crippen LogP contribution in [0, 0.1) is 0 Å². The number of benzene rings is 2. The molecule has 0 saturated carbocycles. The van der Waals surface area contributed by atoms with Gasteiger partial charge in [0.25, 0.3) is 0 Å². The zero-order chi connectivity index (χ0) is 25.0. The molecule has 0 bridgehead atoms. The van der Waals surface area contributed by atoms with Crippen molar-refractivity contribution in [2.45, 2.75) is 24.8 Å². The van der Waals surface area contributed by atoms with Crippen LogP contribution < -0.4 is 14.4 Å². The Morgan fingerprint density at radius 1 is 1.06 bits per heavy atom. The van der Waals surface area contributed by atoms with Crippen molar-refractivity contribution in [3.8, 4) is 22.8 Å². The van der Waals surface area contributed by atoms with Gasteiger partial charge in [0.15, 0.2) is 6.61 Å². The zero-order valence-electron chi connectivity index (χ0n) is 19.6. The minimum absolute atomic E-state index is 0.00808. The molecule has 4 rings (SSSR count). The molecule has 3 aromatic rings. The number of ether oxygens (including phenoxy) is 2. The Bertz CT molecular complexity index is 1250. The SMILES string of the molecule is CC(C)Oc1ccc(S(=O)(=O)N2CCN(c3ccc(-c4ccco4)c(OCC(=O)O)c3)CC2)cc1. The normalized spacial score (nSPS) is 14.8. The van der Waals surface area contributed by atoms with Crippen molar-refractivity contribution in [3.05, 3.63) is 60.9 Å². The van der Waals surface area contributed by atoms with Crippen molar-refractivity contribution in [2.75, 3.05) is 37.7 Å². The van der Waals surface area contributed by atoms with Crippen molar-refractivity contribution in [1.82, 2.24) is 4.31 Å². The second-order valence-corrected chi connectivity index (χ2v) is 10.3. The molecule has 0 spiro atoms. The monoisotopic (exact) mass is 500 g/mol. The van der Waals surface area contributed by atoms with Gasteiger partial charge >= 0.3 is 5.97 Å². The Kier molecular flexibility index (Phi) is 7.32. The fraction of sp³-hybridized carbons (Fsp3) is 0.320. The molecule has 2 aromatic carbocycles. The van der Waals surface area contributed by atoms with Gasteiger partial charge in [-0.15, -0.1) is 0 Å². The van der Waals surface area contributed by atoms with Crippen LogP contribution in [0.3, 0.4) is 0 Å². The number of carboxylic acid groups (broad SMARTS) is 1. The van der Waals surface area contributed by atoms with Crippen LogP contribution in [0.1, 0.15) is 13.8 Å². The van der Waals surface area contributed by atoms with Crippen molar-refractivity contribution in [3.63, 3.8) is 0 Å². The van der Waals surface area contributed by atoms with E-state index in [1.807, 2.05) is 30.9 Å². The lowest BCUT2D eigenvalue weighted by atomic mass is 10.1. The van der Waals surface area contributed by atoms with Crippen molar-refractivity contribution >= 4 is 21.7 Å². The highest BCUT2D eigenvalue weighted by molar-refractivity contribution is 7.89. The Balaban J connectivity index is 1.47. The molecular weight excluding hydrogens is 472 g/mol. The highest BCUT2D eigenvalue weighted by Gasteiger charge is 2.29. The molecule has 0 aliphatic carbocycles. The third-order valence-corrected chi connectivity index (χ3v) is 7.45. The third kappa shape index (κ3) is 5.77. The van der Waals surface area contributed by atoms with Crippen molar-refractivity contribution in [2.24, 2.45) is 0 Å². The summed E-state index contributed by atoms with van der Waals surface area (Å²) in [6.07, 6.45) is 1.54. The predicted molar refractivity (Wildman–Crippen MR) is 130 cm³/mol. The van der Waals surface area contributed by atoms with Gasteiger partial charge in [-0.25, -0.2) is 13.2 Å². The molecule has 1 aromatic heterocycles. The molecular formula is C25H28N2O7S. The van der Waals surface area contributed by atoms with Crippen molar-refractivity contribution in [1.29, 1.82) is 0 Å². The Labute approximate surface area is 204 Å². The quantitative estimate of drug-likeness (QED) is 0.474. The topological polar surface area (TPSA) is 110 Å². The summed E-state index contributed by atoms with van der Waals surface area (Å²) in [6, 6.07) is 15.5. The van der Waals surface area contributed by atoms with Crippen LogP contribution in [-0.4, -0.2) is 62.7 Å². The predicted octanol–water partition coefficient (Wildman–Crippen LogP) is 3.71. The van der Waals surface area contributed by atoms with E-state index in [1.165, 1.54) is 10.6 Å². The smallest absolute Gasteiger partial charge is 0.341 e. The number of piperazine rings is 1. The Morgan fingerprint density at radius 2 is 1.77 bits per heavy atom. The van der Waals surface area contributed by atoms with Gasteiger partial charge in [0.1, 0.15) is 17.3 Å². The molecule has 1 aliphatic rings. The van der Waals surface area contributed by atoms with Gasteiger partial charge < -0.3 is 23.9 Å². The number of carboxylic acids is 1. The van der Waals surface area contributed by atoms with E-state index >= 15 is 0 Å². The Morgan fingerprint density at radius 3 is 2.37 bits per heavy atom. The van der Waals surface area contributed by atoms with E-state index < -0.39 is 22.6 Å². The summed E-state index contributed by atoms with van der Waals surface area (Å²) < 4.78 is 44.3. The Hall–Kier alpha value is -3.50. The molecule has 1 aliphatic heterocycles. The number of hydrogen-bond donors (Lipinski definition) is 1. The first-order valence-electron chi connectivity index (χ1n) is 11.3. The first-order valence-corrected chi connectivity index (χ1v) is 12.7. The summed E-state index contributed by atoms with van der Waals surface area (Å²) >= 11 is 0. The fourth-order valence-electron chi connectivity index (χ4n) is 3.90. The van der Waals surface area contributed by atoms with Gasteiger partial charge in [-0.3, -0.25) is 0 Å². The summed E-state index contributed by atoms with van der Waals surface area (Å²) in [5, 5.41) is 9.04. The summed E-state index contributed by atoms with van der Waals surface area (Å²) in [7, 11) is -3.63. The van der Waals surface area contributed by atoms with Crippen LogP contribution in [0.15, 0.2) is 70.2 Å². The summed E-state index contributed by atoms with van der Waals surface area (Å²) in [4.78, 5) is 13.3. The fourth-order valence-corrected chi connectivity index (χ4v) is 5.32. The lowest BCUT2D eigenvalue weighted by Crippen LogP contribution is -2.48. The average Bonchev–Trinajstić information content (AvgIpc) is 3.37. The first-order chi connectivity index (χ1) is 16.7. The van der Waals surface area contributed by atoms with Gasteiger partial charge in [-0.1, -0.05) is 0 Å². The average molecular weight is 501 g/mol. The number of sulfonamides is 1. The molecule has 0 unspecified atom stereocenters. The van der Waals surface area contributed by atoms with Crippen LogP contribution in [0.25, 0.3) is 11.3 Å². The lowest BCUT2D eigenvalue weighted by Gasteiger charge is -2.35. The summed E-state index contributed by atoms with van der Waals surface area (Å²) in [5.41, 5.74) is 1.46. The van der Waals surface area contributed by atoms with E-state index in [2.05, 4.69) is 0 Å². The molecule has 9 nitrogen and oxygen atoms in total. The molecule has 0 atom stereocenters.